The first-order valence-electron chi connectivity index (χ1n) is 5.13. The average Bonchev–Trinajstić information content (AvgIpc) is 2.70. The number of carbonyl (C=O) groups excluding carboxylic acids is 1. The highest BCUT2D eigenvalue weighted by Gasteiger charge is 2.34. The van der Waals surface area contributed by atoms with Crippen molar-refractivity contribution in [3.8, 4) is 0 Å². The first kappa shape index (κ1) is 13.5. The van der Waals surface area contributed by atoms with Crippen LogP contribution in [0, 0.1) is 6.92 Å². The summed E-state index contributed by atoms with van der Waals surface area (Å²) in [7, 11) is -3.87. The molecule has 2 amide bonds. The van der Waals surface area contributed by atoms with E-state index in [1.165, 1.54) is 12.1 Å². The first-order valence-corrected chi connectivity index (χ1v) is 7.40. The fourth-order valence-electron chi connectivity index (χ4n) is 1.65. The van der Waals surface area contributed by atoms with Crippen LogP contribution < -0.4 is 5.32 Å². The number of rotatable bonds is 2. The average molecular weight is 307 g/mol. The zero-order valence-corrected chi connectivity index (χ0v) is 11.9. The predicted octanol–water partition coefficient (Wildman–Crippen LogP) is 1.65. The first-order chi connectivity index (χ1) is 8.34. The van der Waals surface area contributed by atoms with E-state index >= 15 is 0 Å². The molecule has 1 aliphatic heterocycles. The summed E-state index contributed by atoms with van der Waals surface area (Å²) in [4.78, 5) is 11.7. The monoisotopic (exact) mass is 306 g/mol. The van der Waals surface area contributed by atoms with Crippen LogP contribution in [0.5, 0.6) is 0 Å². The number of urea groups is 1. The summed E-state index contributed by atoms with van der Waals surface area (Å²) >= 11 is 10.00. The van der Waals surface area contributed by atoms with E-state index in [1.54, 1.807) is 6.92 Å². The van der Waals surface area contributed by atoms with E-state index in [0.29, 0.717) is 17.1 Å². The molecule has 8 heteroatoms. The zero-order chi connectivity index (χ0) is 13.5. The lowest BCUT2D eigenvalue weighted by Gasteiger charge is -2.16. The van der Waals surface area contributed by atoms with Crippen molar-refractivity contribution in [2.24, 2.45) is 0 Å². The van der Waals surface area contributed by atoms with E-state index in [-0.39, 0.29) is 16.3 Å². The van der Waals surface area contributed by atoms with Gasteiger partial charge in [0.15, 0.2) is 0 Å². The molecular weight excluding hydrogens is 296 g/mol. The molecule has 0 saturated carbocycles. The van der Waals surface area contributed by atoms with E-state index in [9.17, 15) is 13.2 Å². The molecule has 0 aromatic heterocycles. The number of halogens is 1. The van der Waals surface area contributed by atoms with Gasteiger partial charge in [0, 0.05) is 16.5 Å². The van der Waals surface area contributed by atoms with E-state index in [0.717, 1.165) is 4.31 Å². The second-order valence-electron chi connectivity index (χ2n) is 3.88. The molecular formula is C10H11ClN2O3S2. The number of benzene rings is 1. The van der Waals surface area contributed by atoms with Gasteiger partial charge in [0.25, 0.3) is 10.0 Å². The molecule has 5 nitrogen and oxygen atoms in total. The molecule has 0 unspecified atom stereocenters. The number of amides is 2. The third-order valence-electron chi connectivity index (χ3n) is 2.63. The second kappa shape index (κ2) is 4.64. The van der Waals surface area contributed by atoms with Crippen LogP contribution >= 0.6 is 24.2 Å². The van der Waals surface area contributed by atoms with Crippen molar-refractivity contribution in [1.82, 2.24) is 9.62 Å². The number of hydrogen-bond acceptors (Lipinski definition) is 4. The van der Waals surface area contributed by atoms with Gasteiger partial charge in [0.05, 0.1) is 6.54 Å². The number of aryl methyl sites for hydroxylation is 1. The van der Waals surface area contributed by atoms with E-state index in [1.807, 2.05) is 0 Å². The molecule has 2 rings (SSSR count). The van der Waals surface area contributed by atoms with Crippen LogP contribution in [-0.2, 0) is 10.0 Å². The number of hydrogen-bond donors (Lipinski definition) is 2. The second-order valence-corrected chi connectivity index (χ2v) is 6.60. The third kappa shape index (κ3) is 2.17. The molecule has 98 valence electrons. The standard InChI is InChI=1S/C10H11ClN2O3S2/c1-6-4-9(8(17)5-7(6)11)18(15,16)13-3-2-12-10(13)14/h4-5,17H,2-3H2,1H3,(H,12,14). The minimum absolute atomic E-state index is 0.00946. The van der Waals surface area contributed by atoms with Gasteiger partial charge in [-0.15, -0.1) is 12.6 Å². The molecule has 0 atom stereocenters. The van der Waals surface area contributed by atoms with Crippen molar-refractivity contribution < 1.29 is 13.2 Å². The van der Waals surface area contributed by atoms with Crippen LogP contribution in [0.25, 0.3) is 0 Å². The van der Waals surface area contributed by atoms with E-state index in [4.69, 9.17) is 11.6 Å². The zero-order valence-electron chi connectivity index (χ0n) is 9.47. The number of nitrogens with zero attached hydrogens (tertiary/aromatic N) is 1. The summed E-state index contributed by atoms with van der Waals surface area (Å²) in [6, 6.07) is 2.27. The molecule has 1 saturated heterocycles. The molecule has 1 aliphatic rings. The molecule has 0 radical (unpaired) electrons. The molecule has 1 fully saturated rings. The van der Waals surface area contributed by atoms with Crippen molar-refractivity contribution in [1.29, 1.82) is 0 Å². The number of carbonyl (C=O) groups is 1. The summed E-state index contributed by atoms with van der Waals surface area (Å²) in [6.45, 7) is 2.13. The van der Waals surface area contributed by atoms with Crippen molar-refractivity contribution in [2.75, 3.05) is 13.1 Å². The predicted molar refractivity (Wildman–Crippen MR) is 70.7 cm³/mol. The van der Waals surface area contributed by atoms with Gasteiger partial charge in [-0.05, 0) is 24.6 Å². The van der Waals surface area contributed by atoms with Crippen LogP contribution in [0.3, 0.4) is 0 Å². The van der Waals surface area contributed by atoms with Crippen LogP contribution in [0.2, 0.25) is 5.02 Å². The Morgan fingerprint density at radius 1 is 1.44 bits per heavy atom. The minimum Gasteiger partial charge on any atom is -0.335 e. The Labute approximate surface area is 116 Å². The number of thiol groups is 1. The Kier molecular flexibility index (Phi) is 3.48. The quantitative estimate of drug-likeness (QED) is 0.817. The smallest absolute Gasteiger partial charge is 0.331 e. The Morgan fingerprint density at radius 2 is 2.11 bits per heavy atom. The maximum Gasteiger partial charge on any atom is 0.331 e. The highest BCUT2D eigenvalue weighted by atomic mass is 35.5. The summed E-state index contributed by atoms with van der Waals surface area (Å²) < 4.78 is 25.4. The highest BCUT2D eigenvalue weighted by Crippen LogP contribution is 2.29. The molecule has 0 aliphatic carbocycles. The lowest BCUT2D eigenvalue weighted by molar-refractivity contribution is 0.235. The molecule has 1 aromatic carbocycles. The van der Waals surface area contributed by atoms with E-state index < -0.39 is 16.1 Å². The topological polar surface area (TPSA) is 66.5 Å². The maximum atomic E-state index is 12.3. The van der Waals surface area contributed by atoms with Crippen LogP contribution in [-0.4, -0.2) is 31.8 Å². The van der Waals surface area contributed by atoms with Crippen LogP contribution in [0.1, 0.15) is 5.56 Å². The molecule has 18 heavy (non-hydrogen) atoms. The molecule has 1 heterocycles. The fourth-order valence-corrected chi connectivity index (χ4v) is 3.93. The Hall–Kier alpha value is -0.920. The third-order valence-corrected chi connectivity index (χ3v) is 5.38. The van der Waals surface area contributed by atoms with Crippen molar-refractivity contribution in [3.05, 3.63) is 22.7 Å². The van der Waals surface area contributed by atoms with Gasteiger partial charge in [0.1, 0.15) is 4.90 Å². The Balaban J connectivity index is 2.54. The summed E-state index contributed by atoms with van der Waals surface area (Å²) in [5, 5.41) is 2.88. The van der Waals surface area contributed by atoms with E-state index in [2.05, 4.69) is 17.9 Å². The highest BCUT2D eigenvalue weighted by molar-refractivity contribution is 7.90. The summed E-state index contributed by atoms with van der Waals surface area (Å²) in [5.74, 6) is 0. The lowest BCUT2D eigenvalue weighted by atomic mass is 10.2. The molecule has 1 aromatic rings. The number of sulfonamides is 1. The molecule has 0 spiro atoms. The largest absolute Gasteiger partial charge is 0.335 e. The van der Waals surface area contributed by atoms with Gasteiger partial charge < -0.3 is 5.32 Å². The summed E-state index contributed by atoms with van der Waals surface area (Å²) in [6.07, 6.45) is 0. The summed E-state index contributed by atoms with van der Waals surface area (Å²) in [5.41, 5.74) is 0.618. The molecule has 1 N–H and O–H groups in total. The van der Waals surface area contributed by atoms with Gasteiger partial charge in [-0.25, -0.2) is 17.5 Å². The fraction of sp³-hybridized carbons (Fsp3) is 0.300. The van der Waals surface area contributed by atoms with Crippen molar-refractivity contribution in [2.45, 2.75) is 16.7 Å². The Morgan fingerprint density at radius 3 is 2.67 bits per heavy atom. The van der Waals surface area contributed by atoms with Gasteiger partial charge in [-0.3, -0.25) is 0 Å². The maximum absolute atomic E-state index is 12.3. The molecule has 0 bridgehead atoms. The lowest BCUT2D eigenvalue weighted by Crippen LogP contribution is -2.34. The number of nitrogens with one attached hydrogen (secondary N) is 1. The minimum atomic E-state index is -3.87. The van der Waals surface area contributed by atoms with Crippen LogP contribution in [0.15, 0.2) is 21.9 Å². The van der Waals surface area contributed by atoms with Crippen LogP contribution in [0.4, 0.5) is 4.79 Å². The Bertz CT molecular complexity index is 616. The van der Waals surface area contributed by atoms with Gasteiger partial charge >= 0.3 is 6.03 Å². The normalized spacial score (nSPS) is 15.9. The SMILES string of the molecule is Cc1cc(S(=O)(=O)N2CCNC2=O)c(S)cc1Cl. The van der Waals surface area contributed by atoms with Gasteiger partial charge in [0.2, 0.25) is 0 Å². The van der Waals surface area contributed by atoms with Gasteiger partial charge in [-0.1, -0.05) is 11.6 Å². The van der Waals surface area contributed by atoms with Crippen molar-refractivity contribution in [3.63, 3.8) is 0 Å². The van der Waals surface area contributed by atoms with Gasteiger partial charge in [-0.2, -0.15) is 0 Å². The van der Waals surface area contributed by atoms with Crippen molar-refractivity contribution >= 4 is 40.3 Å².